The number of hydrogen-bond donors (Lipinski definition) is 1. The van der Waals surface area contributed by atoms with Crippen molar-refractivity contribution in [3.8, 4) is 0 Å². The number of aliphatic carboxylic acids is 1. The Hall–Kier alpha value is -2.14. The van der Waals surface area contributed by atoms with Gasteiger partial charge in [-0.05, 0) is 37.1 Å². The average Bonchev–Trinajstić information content (AvgIpc) is 3.03. The molecule has 5 heteroatoms. The highest BCUT2D eigenvalue weighted by molar-refractivity contribution is 5.96. The molecule has 0 unspecified atom stereocenters. The van der Waals surface area contributed by atoms with E-state index in [0.717, 1.165) is 11.1 Å². The summed E-state index contributed by atoms with van der Waals surface area (Å²) in [6.45, 7) is 3.94. The lowest BCUT2D eigenvalue weighted by Gasteiger charge is -2.25. The van der Waals surface area contributed by atoms with Crippen LogP contribution in [-0.2, 0) is 14.3 Å². The fourth-order valence-electron chi connectivity index (χ4n) is 2.95. The fourth-order valence-corrected chi connectivity index (χ4v) is 2.95. The maximum Gasteiger partial charge on any atom is 0.231 e. The van der Waals surface area contributed by atoms with Crippen molar-refractivity contribution < 1.29 is 19.4 Å². The van der Waals surface area contributed by atoms with Crippen molar-refractivity contribution in [3.05, 3.63) is 41.5 Å². The molecule has 1 fully saturated rings. The van der Waals surface area contributed by atoms with E-state index >= 15 is 0 Å². The van der Waals surface area contributed by atoms with Crippen LogP contribution < -0.4 is 10.4 Å². The summed E-state index contributed by atoms with van der Waals surface area (Å²) < 4.78 is 5.47. The maximum absolute atomic E-state index is 12.4. The lowest BCUT2D eigenvalue weighted by atomic mass is 9.82. The van der Waals surface area contributed by atoms with Gasteiger partial charge in [0, 0.05) is 17.6 Å². The minimum Gasteiger partial charge on any atom is -0.550 e. The molecule has 21 heavy (non-hydrogen) atoms. The van der Waals surface area contributed by atoms with Crippen LogP contribution in [0.3, 0.4) is 0 Å². The number of aryl methyl sites for hydroxylation is 2. The number of nitrogens with one attached hydrogen (secondary N) is 1. The molecule has 0 radical (unpaired) electrons. The van der Waals surface area contributed by atoms with Gasteiger partial charge in [-0.1, -0.05) is 18.2 Å². The number of anilines is 1. The van der Waals surface area contributed by atoms with Gasteiger partial charge in [0.1, 0.15) is 0 Å². The van der Waals surface area contributed by atoms with Crippen LogP contribution in [0, 0.1) is 25.7 Å². The van der Waals surface area contributed by atoms with Gasteiger partial charge < -0.3 is 20.0 Å². The smallest absolute Gasteiger partial charge is 0.231 e. The summed E-state index contributed by atoms with van der Waals surface area (Å²) in [6.07, 6.45) is 2.39. The van der Waals surface area contributed by atoms with Crippen LogP contribution in [0.15, 0.2) is 30.4 Å². The number of fused-ring (bicyclic) bond motifs is 2. The number of carboxylic acid groups (broad SMARTS) is 1. The number of amides is 1. The molecule has 1 saturated heterocycles. The van der Waals surface area contributed by atoms with Gasteiger partial charge in [0.2, 0.25) is 5.91 Å². The number of ether oxygens (including phenoxy) is 1. The largest absolute Gasteiger partial charge is 0.550 e. The Bertz CT molecular complexity index is 637. The molecule has 1 N–H and O–H groups in total. The summed E-state index contributed by atoms with van der Waals surface area (Å²) in [4.78, 5) is 23.7. The predicted molar refractivity (Wildman–Crippen MR) is 74.3 cm³/mol. The van der Waals surface area contributed by atoms with Crippen molar-refractivity contribution in [1.82, 2.24) is 0 Å². The van der Waals surface area contributed by atoms with Crippen molar-refractivity contribution in [2.45, 2.75) is 26.1 Å². The van der Waals surface area contributed by atoms with Gasteiger partial charge in [0.05, 0.1) is 18.1 Å². The van der Waals surface area contributed by atoms with Gasteiger partial charge in [-0.25, -0.2) is 0 Å². The molecule has 1 aromatic carbocycles. The third kappa shape index (κ3) is 2.34. The topological polar surface area (TPSA) is 78.5 Å². The highest BCUT2D eigenvalue weighted by Crippen LogP contribution is 2.39. The average molecular weight is 286 g/mol. The second kappa shape index (κ2) is 5.00. The molecule has 3 rings (SSSR count). The zero-order valence-corrected chi connectivity index (χ0v) is 11.8. The normalized spacial score (nSPS) is 29.6. The Morgan fingerprint density at radius 3 is 2.38 bits per heavy atom. The van der Waals surface area contributed by atoms with Crippen LogP contribution in [0.4, 0.5) is 5.69 Å². The maximum atomic E-state index is 12.4. The van der Waals surface area contributed by atoms with Crippen LogP contribution in [0.5, 0.6) is 0 Å². The molecular formula is C16H16NO4-. The van der Waals surface area contributed by atoms with Gasteiger partial charge in [-0.15, -0.1) is 0 Å². The van der Waals surface area contributed by atoms with E-state index < -0.39 is 30.0 Å². The highest BCUT2D eigenvalue weighted by Gasteiger charge is 2.50. The zero-order chi connectivity index (χ0) is 15.1. The molecule has 2 heterocycles. The first-order chi connectivity index (χ1) is 9.97. The van der Waals surface area contributed by atoms with E-state index in [1.807, 2.05) is 26.0 Å². The SMILES string of the molecule is Cc1ccc(NC(=O)[C@H]2[C@@H](C(=O)[O-])[C@@H]3C=C[C@H]2O3)cc1C. The Morgan fingerprint density at radius 2 is 1.76 bits per heavy atom. The second-order valence-corrected chi connectivity index (χ2v) is 5.61. The predicted octanol–water partition coefficient (Wildman–Crippen LogP) is 0.561. The summed E-state index contributed by atoms with van der Waals surface area (Å²) in [5.74, 6) is -3.26. The van der Waals surface area contributed by atoms with Crippen LogP contribution >= 0.6 is 0 Å². The number of carbonyl (C=O) groups excluding carboxylic acids is 2. The molecule has 0 saturated carbocycles. The lowest BCUT2D eigenvalue weighted by molar-refractivity contribution is -0.313. The fraction of sp³-hybridized carbons (Fsp3) is 0.375. The molecule has 5 nitrogen and oxygen atoms in total. The Kier molecular flexibility index (Phi) is 3.29. The van der Waals surface area contributed by atoms with Gasteiger partial charge in [-0.3, -0.25) is 4.79 Å². The molecule has 2 aliphatic rings. The van der Waals surface area contributed by atoms with Gasteiger partial charge in [-0.2, -0.15) is 0 Å². The third-order valence-corrected chi connectivity index (χ3v) is 4.25. The molecule has 2 bridgehead atoms. The van der Waals surface area contributed by atoms with E-state index in [2.05, 4.69) is 5.32 Å². The first kappa shape index (κ1) is 13.8. The number of carboxylic acids is 1. The zero-order valence-electron chi connectivity index (χ0n) is 11.8. The van der Waals surface area contributed by atoms with Gasteiger partial charge >= 0.3 is 0 Å². The van der Waals surface area contributed by atoms with Crippen molar-refractivity contribution in [2.75, 3.05) is 5.32 Å². The lowest BCUT2D eigenvalue weighted by Crippen LogP contribution is -2.45. The van der Waals surface area contributed by atoms with Crippen LogP contribution in [-0.4, -0.2) is 24.1 Å². The first-order valence-corrected chi connectivity index (χ1v) is 6.90. The van der Waals surface area contributed by atoms with Crippen molar-refractivity contribution in [3.63, 3.8) is 0 Å². The molecule has 4 atom stereocenters. The van der Waals surface area contributed by atoms with Crippen LogP contribution in [0.1, 0.15) is 11.1 Å². The van der Waals surface area contributed by atoms with Gasteiger partial charge in [0.25, 0.3) is 0 Å². The molecule has 1 amide bonds. The molecule has 0 aromatic heterocycles. The van der Waals surface area contributed by atoms with Crippen molar-refractivity contribution in [2.24, 2.45) is 11.8 Å². The van der Waals surface area contributed by atoms with E-state index in [0.29, 0.717) is 5.69 Å². The first-order valence-electron chi connectivity index (χ1n) is 6.90. The van der Waals surface area contributed by atoms with E-state index in [4.69, 9.17) is 4.74 Å². The number of carbonyl (C=O) groups is 2. The Labute approximate surface area is 122 Å². The van der Waals surface area contributed by atoms with Crippen LogP contribution in [0.2, 0.25) is 0 Å². The van der Waals surface area contributed by atoms with E-state index in [1.54, 1.807) is 18.2 Å². The minimum absolute atomic E-state index is 0.343. The van der Waals surface area contributed by atoms with E-state index in [-0.39, 0.29) is 5.91 Å². The molecule has 0 spiro atoms. The summed E-state index contributed by atoms with van der Waals surface area (Å²) in [7, 11) is 0. The standard InChI is InChI=1S/C16H17NO4/c1-8-3-4-10(7-9(8)2)17-15(18)13-11-5-6-12(21-11)14(13)16(19)20/h3-7,11-14H,1-2H3,(H,17,18)(H,19,20)/p-1/t11-,12+,13-,14+/m1/s1. The number of rotatable bonds is 3. The molecule has 1 aromatic rings. The molecular weight excluding hydrogens is 270 g/mol. The summed E-state index contributed by atoms with van der Waals surface area (Å²) in [6, 6.07) is 5.59. The monoisotopic (exact) mass is 286 g/mol. The minimum atomic E-state index is -1.24. The molecule has 110 valence electrons. The number of benzene rings is 1. The Balaban J connectivity index is 1.80. The molecule has 2 aliphatic heterocycles. The second-order valence-electron chi connectivity index (χ2n) is 5.61. The quantitative estimate of drug-likeness (QED) is 0.824. The number of hydrogen-bond acceptors (Lipinski definition) is 4. The van der Waals surface area contributed by atoms with Crippen molar-refractivity contribution in [1.29, 1.82) is 0 Å². The third-order valence-electron chi connectivity index (χ3n) is 4.25. The summed E-state index contributed by atoms with van der Waals surface area (Å²) in [5.41, 5.74) is 2.85. The van der Waals surface area contributed by atoms with E-state index in [9.17, 15) is 14.7 Å². The summed E-state index contributed by atoms with van der Waals surface area (Å²) in [5, 5.41) is 14.0. The van der Waals surface area contributed by atoms with Crippen LogP contribution in [0.25, 0.3) is 0 Å². The Morgan fingerprint density at radius 1 is 1.10 bits per heavy atom. The van der Waals surface area contributed by atoms with Gasteiger partial charge in [0.15, 0.2) is 0 Å². The van der Waals surface area contributed by atoms with Crippen molar-refractivity contribution >= 4 is 17.6 Å². The summed E-state index contributed by atoms with van der Waals surface area (Å²) >= 11 is 0. The molecule has 0 aliphatic carbocycles. The van der Waals surface area contributed by atoms with E-state index in [1.165, 1.54) is 0 Å². The highest BCUT2D eigenvalue weighted by atomic mass is 16.5.